The molecule has 1 heteroatoms. The first-order chi connectivity index (χ1) is 8.62. The maximum absolute atomic E-state index is 5.44. The van der Waals surface area contributed by atoms with E-state index in [0.29, 0.717) is 5.92 Å². The molecule has 1 rings (SSSR count). The topological polar surface area (TPSA) is 13.1 Å². The number of allylic oxidation sites excluding steroid dienone is 2. The zero-order valence-corrected chi connectivity index (χ0v) is 12.8. The highest BCUT2D eigenvalue weighted by molar-refractivity contribution is 5.47. The van der Waals surface area contributed by atoms with E-state index in [9.17, 15) is 0 Å². The lowest BCUT2D eigenvalue weighted by Crippen LogP contribution is -2.18. The average Bonchev–Trinajstić information content (AvgIpc) is 2.70. The summed E-state index contributed by atoms with van der Waals surface area (Å²) in [5, 5.41) is 1.11. The molecule has 0 N–H and O–H groups in total. The molecule has 0 aliphatic heterocycles. The third-order valence-electron chi connectivity index (χ3n) is 3.08. The Morgan fingerprint density at radius 1 is 1.33 bits per heavy atom. The van der Waals surface area contributed by atoms with Gasteiger partial charge in [0.05, 0.1) is 0 Å². The molecule has 0 amide bonds. The van der Waals surface area contributed by atoms with Gasteiger partial charge < -0.3 is 4.42 Å². The molecule has 1 aromatic heterocycles. The van der Waals surface area contributed by atoms with Gasteiger partial charge in [-0.25, -0.2) is 0 Å². The van der Waals surface area contributed by atoms with Crippen molar-refractivity contribution in [2.45, 2.75) is 54.4 Å². The van der Waals surface area contributed by atoms with Crippen molar-refractivity contribution in [1.82, 2.24) is 0 Å². The molecule has 0 radical (unpaired) electrons. The normalized spacial score (nSPS) is 12.6. The molecule has 0 spiro atoms. The van der Waals surface area contributed by atoms with Gasteiger partial charge in [0.25, 0.3) is 0 Å². The Morgan fingerprint density at radius 2 is 1.89 bits per heavy atom. The Labute approximate surface area is 112 Å². The lowest BCUT2D eigenvalue weighted by Gasteiger charge is -2.12. The fourth-order valence-electron chi connectivity index (χ4n) is 2.08. The van der Waals surface area contributed by atoms with Gasteiger partial charge in [-0.15, -0.1) is 0 Å². The molecule has 1 nitrogen and oxygen atoms in total. The van der Waals surface area contributed by atoms with Crippen LogP contribution in [0.5, 0.6) is 0 Å². The first kappa shape index (κ1) is 16.8. The van der Waals surface area contributed by atoms with Crippen LogP contribution in [-0.2, 0) is 0 Å². The largest absolute Gasteiger partial charge is 0.462 e. The highest BCUT2D eigenvalue weighted by Crippen LogP contribution is 2.19. The molecule has 0 saturated carbocycles. The van der Waals surface area contributed by atoms with E-state index in [2.05, 4.69) is 39.5 Å². The van der Waals surface area contributed by atoms with Gasteiger partial charge >= 0.3 is 0 Å². The Hall–Kier alpha value is -1.24. The van der Waals surface area contributed by atoms with Crippen LogP contribution in [0.4, 0.5) is 0 Å². The van der Waals surface area contributed by atoms with Crippen LogP contribution in [0.25, 0.3) is 12.7 Å². The number of rotatable bonds is 4. The fraction of sp³-hybridized carbons (Fsp3) is 0.529. The Bertz CT molecular complexity index is 458. The Balaban J connectivity index is 0.00000137. The van der Waals surface area contributed by atoms with Gasteiger partial charge in [0, 0.05) is 5.22 Å². The van der Waals surface area contributed by atoms with Gasteiger partial charge in [-0.3, -0.25) is 0 Å². The van der Waals surface area contributed by atoms with E-state index in [4.69, 9.17) is 4.42 Å². The van der Waals surface area contributed by atoms with Gasteiger partial charge in [0.15, 0.2) is 0 Å². The van der Waals surface area contributed by atoms with Crippen molar-refractivity contribution in [1.29, 1.82) is 0 Å². The zero-order valence-electron chi connectivity index (χ0n) is 12.8. The van der Waals surface area contributed by atoms with Gasteiger partial charge in [-0.1, -0.05) is 40.3 Å². The minimum atomic E-state index is 0.639. The first-order valence-electron chi connectivity index (χ1n) is 7.05. The van der Waals surface area contributed by atoms with E-state index in [1.807, 2.05) is 26.8 Å². The monoisotopic (exact) mass is 248 g/mol. The van der Waals surface area contributed by atoms with Crippen LogP contribution in [0.1, 0.15) is 53.2 Å². The van der Waals surface area contributed by atoms with Crippen molar-refractivity contribution >= 4 is 12.7 Å². The summed E-state index contributed by atoms with van der Waals surface area (Å²) < 4.78 is 5.44. The number of hydrogen-bond acceptors (Lipinski definition) is 1. The summed E-state index contributed by atoms with van der Waals surface area (Å²) in [7, 11) is 0. The lowest BCUT2D eigenvalue weighted by atomic mass is 9.93. The maximum atomic E-state index is 5.44. The summed E-state index contributed by atoms with van der Waals surface area (Å²) in [5.41, 5.74) is 2.15. The molecular formula is C17H28O. The predicted octanol–water partition coefficient (Wildman–Crippen LogP) is 4.19. The van der Waals surface area contributed by atoms with Crippen LogP contribution in [0.3, 0.4) is 0 Å². The van der Waals surface area contributed by atoms with Crippen LogP contribution in [0.2, 0.25) is 0 Å². The van der Waals surface area contributed by atoms with Gasteiger partial charge in [0.2, 0.25) is 0 Å². The van der Waals surface area contributed by atoms with Crippen molar-refractivity contribution < 1.29 is 4.42 Å². The first-order valence-corrected chi connectivity index (χ1v) is 7.05. The van der Waals surface area contributed by atoms with E-state index in [1.54, 1.807) is 0 Å². The second kappa shape index (κ2) is 8.79. The van der Waals surface area contributed by atoms with Gasteiger partial charge in [-0.2, -0.15) is 0 Å². The van der Waals surface area contributed by atoms with Crippen LogP contribution >= 0.6 is 0 Å². The van der Waals surface area contributed by atoms with Crippen molar-refractivity contribution in [2.75, 3.05) is 0 Å². The van der Waals surface area contributed by atoms with Crippen LogP contribution < -0.4 is 10.6 Å². The minimum Gasteiger partial charge on any atom is -0.462 e. The molecule has 102 valence electrons. The molecule has 0 aliphatic carbocycles. The number of aryl methyl sites for hydroxylation is 1. The molecule has 1 aromatic rings. The summed E-state index contributed by atoms with van der Waals surface area (Å²) in [4.78, 5) is 0. The van der Waals surface area contributed by atoms with Crippen molar-refractivity contribution in [3.8, 4) is 0 Å². The van der Waals surface area contributed by atoms with E-state index in [-0.39, 0.29) is 0 Å². The highest BCUT2D eigenvalue weighted by atomic mass is 16.3. The third kappa shape index (κ3) is 4.56. The molecule has 0 atom stereocenters. The second-order valence-electron chi connectivity index (χ2n) is 4.18. The molecule has 0 aromatic carbocycles. The zero-order chi connectivity index (χ0) is 14.1. The van der Waals surface area contributed by atoms with Crippen molar-refractivity contribution in [3.63, 3.8) is 0 Å². The van der Waals surface area contributed by atoms with E-state index >= 15 is 0 Å². The summed E-state index contributed by atoms with van der Waals surface area (Å²) in [5.74, 6) is 1.57. The average molecular weight is 248 g/mol. The number of hydrogen-bond donors (Lipinski definition) is 0. The maximum Gasteiger partial charge on any atom is 0.127 e. The van der Waals surface area contributed by atoms with Crippen molar-refractivity contribution in [3.05, 3.63) is 34.1 Å². The minimum absolute atomic E-state index is 0.639. The van der Waals surface area contributed by atoms with E-state index in [0.717, 1.165) is 16.4 Å². The molecule has 0 unspecified atom stereocenters. The Morgan fingerprint density at radius 3 is 2.22 bits per heavy atom. The summed E-state index contributed by atoms with van der Waals surface area (Å²) in [6, 6.07) is 2.05. The predicted molar refractivity (Wildman–Crippen MR) is 81.9 cm³/mol. The van der Waals surface area contributed by atoms with Gasteiger partial charge in [0.1, 0.15) is 11.2 Å². The third-order valence-corrected chi connectivity index (χ3v) is 3.08. The molecule has 0 fully saturated rings. The molecule has 0 aliphatic rings. The van der Waals surface area contributed by atoms with Gasteiger partial charge in [-0.05, 0) is 50.3 Å². The molecular weight excluding hydrogens is 220 g/mol. The summed E-state index contributed by atoms with van der Waals surface area (Å²) in [6.07, 6.45) is 6.75. The fourth-order valence-corrected chi connectivity index (χ4v) is 2.08. The van der Waals surface area contributed by atoms with Crippen LogP contribution in [0, 0.1) is 12.8 Å². The summed E-state index contributed by atoms with van der Waals surface area (Å²) >= 11 is 0. The summed E-state index contributed by atoms with van der Waals surface area (Å²) in [6.45, 7) is 16.4. The molecule has 18 heavy (non-hydrogen) atoms. The standard InChI is InChI=1S/C15H22O.C2H6/c1-6-13(7-2)14(8-3)10-15-9-11(4)16-12(15)5;1-2/h8-10,13H,5-7H2,1-4H3;1-2H3/b14-8+,15-10-;. The van der Waals surface area contributed by atoms with Crippen LogP contribution in [-0.4, -0.2) is 0 Å². The second-order valence-corrected chi connectivity index (χ2v) is 4.18. The quantitative estimate of drug-likeness (QED) is 0.779. The molecule has 0 bridgehead atoms. The van der Waals surface area contributed by atoms with Crippen LogP contribution in [0.15, 0.2) is 22.1 Å². The molecule has 0 saturated heterocycles. The highest BCUT2D eigenvalue weighted by Gasteiger charge is 2.06. The number of furan rings is 1. The lowest BCUT2D eigenvalue weighted by molar-refractivity contribution is 0.503. The smallest absolute Gasteiger partial charge is 0.127 e. The van der Waals surface area contributed by atoms with Crippen molar-refractivity contribution in [2.24, 2.45) is 5.92 Å². The van der Waals surface area contributed by atoms with E-state index < -0.39 is 0 Å². The Kier molecular flexibility index (Phi) is 8.19. The van der Waals surface area contributed by atoms with E-state index in [1.165, 1.54) is 18.4 Å². The molecule has 1 heterocycles. The SMILES string of the molecule is C=c1oc(C)c/c1=C/C(=C\C)C(CC)CC.CC.